The Labute approximate surface area is 186 Å². The van der Waals surface area contributed by atoms with Crippen LogP contribution in [0.4, 0.5) is 0 Å². The third-order valence-electron chi connectivity index (χ3n) is 4.14. The van der Waals surface area contributed by atoms with Crippen LogP contribution in [-0.4, -0.2) is 44.0 Å². The number of hydrogen-bond donors (Lipinski definition) is 2. The van der Waals surface area contributed by atoms with Crippen LogP contribution in [0, 0.1) is 0 Å². The van der Waals surface area contributed by atoms with E-state index in [2.05, 4.69) is 4.98 Å². The van der Waals surface area contributed by atoms with Crippen molar-refractivity contribution in [3.63, 3.8) is 0 Å². The van der Waals surface area contributed by atoms with Crippen LogP contribution in [0.3, 0.4) is 0 Å². The van der Waals surface area contributed by atoms with Crippen molar-refractivity contribution in [3.8, 4) is 11.3 Å². The number of carboxylic acids is 1. The number of nitrogens with zero attached hydrogens (tertiary/aromatic N) is 3. The molecule has 1 amide bonds. The van der Waals surface area contributed by atoms with Crippen molar-refractivity contribution in [1.29, 1.82) is 0 Å². The molecule has 2 atom stereocenters. The summed E-state index contributed by atoms with van der Waals surface area (Å²) in [6, 6.07) is 3.34. The van der Waals surface area contributed by atoms with E-state index in [9.17, 15) is 14.7 Å². The van der Waals surface area contributed by atoms with E-state index < -0.39 is 12.0 Å². The minimum absolute atomic E-state index is 0. The molecule has 0 spiro atoms. The zero-order chi connectivity index (χ0) is 18.4. The number of fused-ring (bicyclic) bond motifs is 1. The lowest BCUT2D eigenvalue weighted by Crippen LogP contribution is -3.00. The second kappa shape index (κ2) is 9.02. The van der Waals surface area contributed by atoms with Gasteiger partial charge in [0.25, 0.3) is 0 Å². The normalized spacial score (nSPS) is 20.6. The molecule has 4 rings (SSSR count). The van der Waals surface area contributed by atoms with E-state index in [-0.39, 0.29) is 41.8 Å². The van der Waals surface area contributed by atoms with Crippen LogP contribution >= 0.6 is 47.3 Å². The summed E-state index contributed by atoms with van der Waals surface area (Å²) >= 11 is 4.26. The Morgan fingerprint density at radius 2 is 2.11 bits per heavy atom. The topological polar surface area (TPSA) is 100 Å². The van der Waals surface area contributed by atoms with Crippen molar-refractivity contribution in [3.05, 3.63) is 40.5 Å². The number of aromatic nitrogens is 2. The van der Waals surface area contributed by atoms with E-state index in [4.69, 9.17) is 5.73 Å². The molecular weight excluding hydrogens is 463 g/mol. The second-order valence-electron chi connectivity index (χ2n) is 5.87. The fourth-order valence-electron chi connectivity index (χ4n) is 2.78. The first-order valence-corrected chi connectivity index (χ1v) is 10.5. The quantitative estimate of drug-likeness (QED) is 0.415. The maximum Gasteiger partial charge on any atom is 0.353 e. The second-order valence-corrected chi connectivity index (χ2v) is 9.17. The molecule has 0 saturated carbocycles. The summed E-state index contributed by atoms with van der Waals surface area (Å²) in [7, 11) is 1.95. The van der Waals surface area contributed by atoms with Gasteiger partial charge >= 0.3 is 5.97 Å². The van der Waals surface area contributed by atoms with Gasteiger partial charge in [-0.1, -0.05) is 11.8 Å². The van der Waals surface area contributed by atoms with Crippen molar-refractivity contribution in [2.24, 2.45) is 12.8 Å². The maximum atomic E-state index is 12.0. The van der Waals surface area contributed by atoms with Crippen LogP contribution < -0.4 is 22.7 Å². The molecule has 12 heteroatoms. The van der Waals surface area contributed by atoms with Gasteiger partial charge < -0.3 is 23.2 Å². The van der Waals surface area contributed by atoms with Crippen molar-refractivity contribution < 1.29 is 31.7 Å². The van der Waals surface area contributed by atoms with Crippen LogP contribution in [0.2, 0.25) is 0 Å². The molecule has 2 aliphatic rings. The van der Waals surface area contributed by atoms with E-state index in [1.54, 1.807) is 0 Å². The summed E-state index contributed by atoms with van der Waals surface area (Å²) in [5.74, 6) is -0.940. The van der Waals surface area contributed by atoms with Gasteiger partial charge in [0, 0.05) is 33.7 Å². The Morgan fingerprint density at radius 1 is 1.43 bits per heavy atom. The van der Waals surface area contributed by atoms with E-state index in [0.717, 1.165) is 15.6 Å². The van der Waals surface area contributed by atoms with Gasteiger partial charge in [0.05, 0.1) is 5.69 Å². The summed E-state index contributed by atoms with van der Waals surface area (Å²) < 4.78 is 2.69. The largest absolute Gasteiger partial charge is 1.00 e. The molecule has 28 heavy (non-hydrogen) atoms. The van der Waals surface area contributed by atoms with Gasteiger partial charge in [-0.3, -0.25) is 9.69 Å². The highest BCUT2D eigenvalue weighted by atomic mass is 35.5. The van der Waals surface area contributed by atoms with Gasteiger partial charge in [-0.2, -0.15) is 0 Å². The first-order valence-electron chi connectivity index (χ1n) is 7.71. The number of carbonyl (C=O) groups is 2. The third-order valence-corrected chi connectivity index (χ3v) is 7.65. The van der Waals surface area contributed by atoms with Crippen molar-refractivity contribution in [2.75, 3.05) is 5.75 Å². The molecule has 0 aliphatic carbocycles. The van der Waals surface area contributed by atoms with Gasteiger partial charge in [0.1, 0.15) is 24.2 Å². The average Bonchev–Trinajstić information content (AvgIpc) is 3.09. The molecule has 150 valence electrons. The fourth-order valence-corrected chi connectivity index (χ4v) is 6.19. The van der Waals surface area contributed by atoms with E-state index >= 15 is 0 Å². The smallest absolute Gasteiger partial charge is 0.353 e. The summed E-state index contributed by atoms with van der Waals surface area (Å²) in [6.45, 7) is 0. The van der Waals surface area contributed by atoms with Crippen LogP contribution in [0.25, 0.3) is 11.3 Å². The molecule has 0 aromatic carbocycles. The number of aliphatic carboxylic acids is 1. The van der Waals surface area contributed by atoms with Gasteiger partial charge in [-0.15, -0.1) is 35.5 Å². The number of β-lactam (4-membered cyclic amide) rings is 1. The van der Waals surface area contributed by atoms with Crippen LogP contribution in [0.1, 0.15) is 0 Å². The van der Waals surface area contributed by atoms with Gasteiger partial charge in [0.2, 0.25) is 5.91 Å². The molecule has 2 aliphatic heterocycles. The highest BCUT2D eigenvalue weighted by Gasteiger charge is 2.52. The Kier molecular flexibility index (Phi) is 7.40. The predicted octanol–water partition coefficient (Wildman–Crippen LogP) is -1.31. The molecule has 0 bridgehead atoms. The molecule has 7 nitrogen and oxygen atoms in total. The SMILES string of the molecule is C[n+]1ccc(-c2csc(SC3=C(C(=O)O)N4C(=O)C(N)[C@H]4SC3)n2)cc1.Cl.[Cl-]. The number of thioether (sulfide) groups is 2. The fraction of sp³-hybridized carbons (Fsp3) is 0.250. The van der Waals surface area contributed by atoms with Crippen molar-refractivity contribution >= 4 is 59.1 Å². The van der Waals surface area contributed by atoms with Crippen LogP contribution in [0.5, 0.6) is 0 Å². The number of carbonyl (C=O) groups excluding carboxylic acids is 1. The number of nitrogens with two attached hydrogens (primary N) is 1. The number of pyridine rings is 1. The lowest BCUT2D eigenvalue weighted by atomic mass is 10.1. The van der Waals surface area contributed by atoms with Gasteiger partial charge in [-0.25, -0.2) is 14.3 Å². The standard InChI is InChI=1S/C16H14N4O3S3.2ClH/c1-19-4-2-8(3-5-19)9-6-25-16(18-9)26-10-7-24-14-11(17)13(21)20(14)12(10)15(22)23;;/h2-6,11,14H,7,17H2,1H3;2*1H/t11?,14-;;/m1../s1. The predicted molar refractivity (Wildman–Crippen MR) is 108 cm³/mol. The Hall–Kier alpha value is -1.30. The molecule has 0 radical (unpaired) electrons. The maximum absolute atomic E-state index is 12.0. The number of thiazole rings is 1. The molecule has 1 fully saturated rings. The lowest BCUT2D eigenvalue weighted by Gasteiger charge is -2.47. The van der Waals surface area contributed by atoms with Crippen LogP contribution in [0.15, 0.2) is 44.8 Å². The zero-order valence-electron chi connectivity index (χ0n) is 14.4. The van der Waals surface area contributed by atoms with E-state index in [1.165, 1.54) is 39.8 Å². The Bertz CT molecular complexity index is 935. The lowest BCUT2D eigenvalue weighted by molar-refractivity contribution is -0.671. The summed E-state index contributed by atoms with van der Waals surface area (Å²) in [5, 5.41) is 11.3. The van der Waals surface area contributed by atoms with Gasteiger partial charge in [0.15, 0.2) is 16.7 Å². The third kappa shape index (κ3) is 4.03. The summed E-state index contributed by atoms with van der Waals surface area (Å²) in [6.07, 6.45) is 3.90. The minimum atomic E-state index is -1.11. The molecule has 3 N–H and O–H groups in total. The monoisotopic (exact) mass is 478 g/mol. The first kappa shape index (κ1) is 23.0. The molecule has 4 heterocycles. The minimum Gasteiger partial charge on any atom is -1.00 e. The molecule has 2 aromatic heterocycles. The number of hydrogen-bond acceptors (Lipinski definition) is 7. The van der Waals surface area contributed by atoms with Crippen LogP contribution in [-0.2, 0) is 16.6 Å². The summed E-state index contributed by atoms with van der Waals surface area (Å²) in [5.41, 5.74) is 7.65. The first-order chi connectivity index (χ1) is 12.5. The molecule has 2 aromatic rings. The summed E-state index contributed by atoms with van der Waals surface area (Å²) in [4.78, 5) is 30.2. The number of halogens is 2. The van der Waals surface area contributed by atoms with E-state index in [1.807, 2.05) is 41.5 Å². The van der Waals surface area contributed by atoms with Gasteiger partial charge in [-0.05, 0) is 0 Å². The number of aryl methyl sites for hydroxylation is 1. The van der Waals surface area contributed by atoms with Crippen molar-refractivity contribution in [2.45, 2.75) is 15.8 Å². The number of amides is 1. The highest BCUT2D eigenvalue weighted by molar-refractivity contribution is 8.07. The number of rotatable bonds is 4. The van der Waals surface area contributed by atoms with E-state index in [0.29, 0.717) is 10.7 Å². The van der Waals surface area contributed by atoms with Crippen molar-refractivity contribution in [1.82, 2.24) is 9.88 Å². The number of carboxylic acid groups (broad SMARTS) is 1. The highest BCUT2D eigenvalue weighted by Crippen LogP contribution is 2.45. The Morgan fingerprint density at radius 3 is 2.75 bits per heavy atom. The molecular formula is C16H16Cl2N4O3S3. The average molecular weight is 479 g/mol. The molecule has 1 unspecified atom stereocenters. The Balaban J connectivity index is 0.00000140. The zero-order valence-corrected chi connectivity index (χ0v) is 18.5. The molecule has 1 saturated heterocycles.